The van der Waals surface area contributed by atoms with Crippen molar-refractivity contribution in [2.45, 2.75) is 18.1 Å². The Kier molecular flexibility index (Phi) is 5.32. The second kappa shape index (κ2) is 7.45. The SMILES string of the molecule is C=CCn1c(SCCN2CCCS2(=O)=O)nnc1-c1ccncc1. The minimum atomic E-state index is -3.05. The van der Waals surface area contributed by atoms with Crippen molar-refractivity contribution < 1.29 is 8.42 Å². The Morgan fingerprint density at radius 1 is 1.29 bits per heavy atom. The highest BCUT2D eigenvalue weighted by Gasteiger charge is 2.27. The summed E-state index contributed by atoms with van der Waals surface area (Å²) in [4.78, 5) is 4.02. The Morgan fingerprint density at radius 3 is 2.75 bits per heavy atom. The largest absolute Gasteiger partial charge is 0.298 e. The van der Waals surface area contributed by atoms with E-state index in [4.69, 9.17) is 0 Å². The van der Waals surface area contributed by atoms with E-state index in [0.717, 1.165) is 16.5 Å². The van der Waals surface area contributed by atoms with Gasteiger partial charge >= 0.3 is 0 Å². The molecule has 0 spiro atoms. The van der Waals surface area contributed by atoms with Crippen molar-refractivity contribution in [3.63, 3.8) is 0 Å². The third kappa shape index (κ3) is 3.68. The molecule has 0 aromatic carbocycles. The molecule has 0 atom stereocenters. The summed E-state index contributed by atoms with van der Waals surface area (Å²) in [6, 6.07) is 3.77. The fourth-order valence-corrected chi connectivity index (χ4v) is 5.14. The van der Waals surface area contributed by atoms with Crippen LogP contribution in [0.25, 0.3) is 11.4 Å². The van der Waals surface area contributed by atoms with Crippen LogP contribution in [0.15, 0.2) is 42.3 Å². The van der Waals surface area contributed by atoms with Gasteiger partial charge in [0.1, 0.15) is 0 Å². The van der Waals surface area contributed by atoms with E-state index in [-0.39, 0.29) is 5.75 Å². The van der Waals surface area contributed by atoms with Crippen molar-refractivity contribution >= 4 is 21.8 Å². The second-order valence-corrected chi connectivity index (χ2v) is 8.51. The van der Waals surface area contributed by atoms with Crippen LogP contribution in [0.5, 0.6) is 0 Å². The molecule has 0 N–H and O–H groups in total. The number of aromatic nitrogens is 4. The van der Waals surface area contributed by atoms with Crippen LogP contribution in [0.1, 0.15) is 6.42 Å². The van der Waals surface area contributed by atoms with Crippen molar-refractivity contribution in [2.24, 2.45) is 0 Å². The highest BCUT2D eigenvalue weighted by molar-refractivity contribution is 7.99. The van der Waals surface area contributed by atoms with Crippen molar-refractivity contribution in [3.8, 4) is 11.4 Å². The predicted octanol–water partition coefficient (Wildman–Crippen LogP) is 1.65. The van der Waals surface area contributed by atoms with Crippen molar-refractivity contribution in [1.29, 1.82) is 0 Å². The fraction of sp³-hybridized carbons (Fsp3) is 0.400. The summed E-state index contributed by atoms with van der Waals surface area (Å²) in [5.74, 6) is 1.66. The first-order valence-electron chi connectivity index (χ1n) is 7.67. The third-order valence-electron chi connectivity index (χ3n) is 3.74. The average molecular weight is 365 g/mol. The summed E-state index contributed by atoms with van der Waals surface area (Å²) in [6.45, 7) is 5.49. The maximum Gasteiger partial charge on any atom is 0.214 e. The first kappa shape index (κ1) is 17.1. The number of pyridine rings is 1. The summed E-state index contributed by atoms with van der Waals surface area (Å²) in [7, 11) is -3.05. The molecule has 3 heterocycles. The van der Waals surface area contributed by atoms with Gasteiger partial charge in [0.2, 0.25) is 10.0 Å². The van der Waals surface area contributed by atoms with E-state index in [9.17, 15) is 8.42 Å². The molecule has 1 saturated heterocycles. The molecule has 7 nitrogen and oxygen atoms in total. The molecule has 0 radical (unpaired) electrons. The van der Waals surface area contributed by atoms with Gasteiger partial charge in [0.15, 0.2) is 11.0 Å². The molecule has 1 fully saturated rings. The molecule has 1 aliphatic heterocycles. The molecule has 0 aliphatic carbocycles. The normalized spacial score (nSPS) is 17.2. The minimum Gasteiger partial charge on any atom is -0.298 e. The Hall–Kier alpha value is -1.71. The lowest BCUT2D eigenvalue weighted by Gasteiger charge is -2.13. The van der Waals surface area contributed by atoms with E-state index in [2.05, 4.69) is 21.8 Å². The lowest BCUT2D eigenvalue weighted by Crippen LogP contribution is -2.28. The molecule has 0 amide bonds. The summed E-state index contributed by atoms with van der Waals surface area (Å²) in [5, 5.41) is 9.28. The predicted molar refractivity (Wildman–Crippen MR) is 94.2 cm³/mol. The smallest absolute Gasteiger partial charge is 0.214 e. The van der Waals surface area contributed by atoms with Crippen LogP contribution in [0.3, 0.4) is 0 Å². The summed E-state index contributed by atoms with van der Waals surface area (Å²) < 4.78 is 27.2. The Bertz CT molecular complexity index is 805. The molecule has 0 unspecified atom stereocenters. The monoisotopic (exact) mass is 365 g/mol. The number of hydrogen-bond donors (Lipinski definition) is 0. The van der Waals surface area contributed by atoms with Gasteiger partial charge in [-0.1, -0.05) is 17.8 Å². The summed E-state index contributed by atoms with van der Waals surface area (Å²) in [6.07, 6.45) is 5.94. The number of sulfonamides is 1. The number of hydrogen-bond acceptors (Lipinski definition) is 6. The molecule has 2 aromatic rings. The van der Waals surface area contributed by atoms with E-state index in [1.807, 2.05) is 16.7 Å². The highest BCUT2D eigenvalue weighted by atomic mass is 32.2. The molecule has 0 bridgehead atoms. The quantitative estimate of drug-likeness (QED) is 0.548. The zero-order chi connectivity index (χ0) is 17.0. The number of nitrogens with zero attached hydrogens (tertiary/aromatic N) is 5. The Morgan fingerprint density at radius 2 is 2.08 bits per heavy atom. The van der Waals surface area contributed by atoms with E-state index in [0.29, 0.717) is 31.8 Å². The summed E-state index contributed by atoms with van der Waals surface area (Å²) in [5.41, 5.74) is 0.938. The topological polar surface area (TPSA) is 81.0 Å². The van der Waals surface area contributed by atoms with Crippen molar-refractivity contribution in [3.05, 3.63) is 37.2 Å². The molecule has 24 heavy (non-hydrogen) atoms. The minimum absolute atomic E-state index is 0.260. The maximum atomic E-state index is 11.8. The zero-order valence-corrected chi connectivity index (χ0v) is 14.8. The van der Waals surface area contributed by atoms with Gasteiger partial charge in [0, 0.05) is 43.3 Å². The standard InChI is InChI=1S/C15H19N5O2S2/c1-2-8-20-14(13-4-6-16-7-5-13)17-18-15(20)23-11-10-19-9-3-12-24(19,21)22/h2,4-7H,1,3,8-12H2. The van der Waals surface area contributed by atoms with E-state index >= 15 is 0 Å². The molecule has 3 rings (SSSR count). The lowest BCUT2D eigenvalue weighted by atomic mass is 10.2. The van der Waals surface area contributed by atoms with E-state index in [1.165, 1.54) is 11.8 Å². The number of rotatable bonds is 7. The van der Waals surface area contributed by atoms with Crippen LogP contribution in [0.2, 0.25) is 0 Å². The molecule has 128 valence electrons. The third-order valence-corrected chi connectivity index (χ3v) is 6.65. The van der Waals surface area contributed by atoms with Gasteiger partial charge in [0.05, 0.1) is 5.75 Å². The molecule has 9 heteroatoms. The Labute approximate surface area is 145 Å². The van der Waals surface area contributed by atoms with Gasteiger partial charge in [-0.3, -0.25) is 9.55 Å². The molecular weight excluding hydrogens is 346 g/mol. The lowest BCUT2D eigenvalue weighted by molar-refractivity contribution is 0.465. The Balaban J connectivity index is 1.72. The fourth-order valence-electron chi connectivity index (χ4n) is 2.58. The first-order chi connectivity index (χ1) is 11.6. The molecular formula is C15H19N5O2S2. The van der Waals surface area contributed by atoms with Gasteiger partial charge in [-0.25, -0.2) is 12.7 Å². The molecule has 2 aromatic heterocycles. The zero-order valence-electron chi connectivity index (χ0n) is 13.2. The van der Waals surface area contributed by atoms with Gasteiger partial charge in [0.25, 0.3) is 0 Å². The van der Waals surface area contributed by atoms with Crippen LogP contribution in [-0.4, -0.2) is 57.1 Å². The maximum absolute atomic E-state index is 11.8. The first-order valence-corrected chi connectivity index (χ1v) is 10.3. The molecule has 1 aliphatic rings. The highest BCUT2D eigenvalue weighted by Crippen LogP contribution is 2.24. The second-order valence-electron chi connectivity index (χ2n) is 5.36. The molecule has 0 saturated carbocycles. The average Bonchev–Trinajstić information content (AvgIpc) is 3.12. The van der Waals surface area contributed by atoms with Gasteiger partial charge < -0.3 is 0 Å². The summed E-state index contributed by atoms with van der Waals surface area (Å²) >= 11 is 1.51. The number of thioether (sulfide) groups is 1. The van der Waals surface area contributed by atoms with E-state index < -0.39 is 10.0 Å². The number of allylic oxidation sites excluding steroid dienone is 1. The van der Waals surface area contributed by atoms with E-state index in [1.54, 1.807) is 22.8 Å². The van der Waals surface area contributed by atoms with Crippen LogP contribution < -0.4 is 0 Å². The van der Waals surface area contributed by atoms with Crippen LogP contribution >= 0.6 is 11.8 Å². The van der Waals surface area contributed by atoms with Crippen molar-refractivity contribution in [1.82, 2.24) is 24.1 Å². The van der Waals surface area contributed by atoms with Crippen LogP contribution in [0, 0.1) is 0 Å². The van der Waals surface area contributed by atoms with Gasteiger partial charge in [-0.05, 0) is 18.6 Å². The van der Waals surface area contributed by atoms with Gasteiger partial charge in [-0.15, -0.1) is 16.8 Å². The van der Waals surface area contributed by atoms with Crippen LogP contribution in [-0.2, 0) is 16.6 Å². The van der Waals surface area contributed by atoms with Gasteiger partial charge in [-0.2, -0.15) is 0 Å². The van der Waals surface area contributed by atoms with Crippen LogP contribution in [0.4, 0.5) is 0 Å². The van der Waals surface area contributed by atoms with Crippen molar-refractivity contribution in [2.75, 3.05) is 24.6 Å².